The largest absolute Gasteiger partial charge is 0.464 e. The summed E-state index contributed by atoms with van der Waals surface area (Å²) in [5, 5.41) is 10.8. The van der Waals surface area contributed by atoms with E-state index in [4.69, 9.17) is 4.74 Å². The quantitative estimate of drug-likeness (QED) is 0.480. The highest BCUT2D eigenvalue weighted by molar-refractivity contribution is 5.80. The number of rotatable bonds is 4. The number of piperidine rings is 1. The molecular weight excluding hydrogens is 260 g/mol. The van der Waals surface area contributed by atoms with E-state index in [0.717, 1.165) is 19.3 Å². The Bertz CT molecular complexity index is 504. The van der Waals surface area contributed by atoms with Gasteiger partial charge in [0.2, 0.25) is 0 Å². The van der Waals surface area contributed by atoms with Crippen LogP contribution in [0.5, 0.6) is 0 Å². The molecule has 0 aromatic heterocycles. The van der Waals surface area contributed by atoms with Crippen molar-refractivity contribution in [2.24, 2.45) is 0 Å². The monoisotopic (exact) mass is 278 g/mol. The van der Waals surface area contributed by atoms with Crippen molar-refractivity contribution in [2.75, 3.05) is 18.1 Å². The van der Waals surface area contributed by atoms with E-state index in [1.807, 2.05) is 4.90 Å². The molecule has 1 aromatic carbocycles. The molecule has 1 atom stereocenters. The Kier molecular flexibility index (Phi) is 4.55. The smallest absolute Gasteiger partial charge is 0.328 e. The van der Waals surface area contributed by atoms with Gasteiger partial charge in [0.1, 0.15) is 6.04 Å². The topological polar surface area (TPSA) is 72.7 Å². The van der Waals surface area contributed by atoms with Gasteiger partial charge in [0.05, 0.1) is 11.5 Å². The van der Waals surface area contributed by atoms with Crippen LogP contribution in [-0.4, -0.2) is 30.1 Å². The molecule has 0 radical (unpaired) electrons. The predicted molar refractivity (Wildman–Crippen MR) is 74.7 cm³/mol. The molecule has 0 saturated carbocycles. The lowest BCUT2D eigenvalue weighted by atomic mass is 10.0. The van der Waals surface area contributed by atoms with Crippen molar-refractivity contribution in [3.63, 3.8) is 0 Å². The van der Waals surface area contributed by atoms with Gasteiger partial charge in [-0.05, 0) is 32.3 Å². The van der Waals surface area contributed by atoms with Crippen LogP contribution in [0.3, 0.4) is 0 Å². The van der Waals surface area contributed by atoms with Gasteiger partial charge in [-0.2, -0.15) is 0 Å². The van der Waals surface area contributed by atoms with Gasteiger partial charge in [-0.3, -0.25) is 10.1 Å². The minimum Gasteiger partial charge on any atom is -0.464 e. The highest BCUT2D eigenvalue weighted by Crippen LogP contribution is 2.28. The van der Waals surface area contributed by atoms with Gasteiger partial charge in [-0.1, -0.05) is 6.07 Å². The van der Waals surface area contributed by atoms with Gasteiger partial charge in [-0.15, -0.1) is 0 Å². The molecule has 6 heteroatoms. The number of esters is 1. The third kappa shape index (κ3) is 3.07. The molecule has 108 valence electrons. The van der Waals surface area contributed by atoms with Crippen LogP contribution in [0.25, 0.3) is 0 Å². The Labute approximate surface area is 117 Å². The van der Waals surface area contributed by atoms with Crippen molar-refractivity contribution in [2.45, 2.75) is 32.2 Å². The van der Waals surface area contributed by atoms with E-state index in [0.29, 0.717) is 18.8 Å². The summed E-state index contributed by atoms with van der Waals surface area (Å²) in [6.45, 7) is 2.83. The normalized spacial score (nSPS) is 18.6. The molecule has 0 aliphatic carbocycles. The van der Waals surface area contributed by atoms with Crippen LogP contribution >= 0.6 is 0 Å². The summed E-state index contributed by atoms with van der Waals surface area (Å²) >= 11 is 0. The molecule has 0 spiro atoms. The maximum atomic E-state index is 12.0. The Morgan fingerprint density at radius 1 is 1.50 bits per heavy atom. The molecule has 0 N–H and O–H groups in total. The number of anilines is 1. The first-order valence-electron chi connectivity index (χ1n) is 6.81. The molecule has 20 heavy (non-hydrogen) atoms. The van der Waals surface area contributed by atoms with E-state index in [-0.39, 0.29) is 17.7 Å². The fourth-order valence-corrected chi connectivity index (χ4v) is 2.51. The molecule has 1 saturated heterocycles. The average Bonchev–Trinajstić information content (AvgIpc) is 2.47. The second-order valence-electron chi connectivity index (χ2n) is 4.73. The van der Waals surface area contributed by atoms with Crippen LogP contribution in [0.15, 0.2) is 24.3 Å². The van der Waals surface area contributed by atoms with E-state index in [1.54, 1.807) is 19.1 Å². The molecule has 1 aliphatic rings. The number of carbonyl (C=O) groups excluding carboxylic acids is 1. The first-order valence-corrected chi connectivity index (χ1v) is 6.81. The molecule has 2 rings (SSSR count). The highest BCUT2D eigenvalue weighted by Gasteiger charge is 2.30. The van der Waals surface area contributed by atoms with Gasteiger partial charge >= 0.3 is 5.97 Å². The number of non-ortho nitro benzene ring substituents is 1. The van der Waals surface area contributed by atoms with Gasteiger partial charge in [-0.25, -0.2) is 4.79 Å². The Balaban J connectivity index is 2.25. The van der Waals surface area contributed by atoms with E-state index in [2.05, 4.69) is 0 Å². The number of carbonyl (C=O) groups is 1. The number of nitro benzene ring substituents is 1. The molecule has 6 nitrogen and oxygen atoms in total. The summed E-state index contributed by atoms with van der Waals surface area (Å²) in [6, 6.07) is 6.06. The van der Waals surface area contributed by atoms with Crippen LogP contribution in [-0.2, 0) is 9.53 Å². The molecule has 1 aliphatic heterocycles. The first kappa shape index (κ1) is 14.3. The third-order valence-electron chi connectivity index (χ3n) is 3.43. The summed E-state index contributed by atoms with van der Waals surface area (Å²) in [5.41, 5.74) is 0.743. The van der Waals surface area contributed by atoms with Crippen LogP contribution in [0.1, 0.15) is 26.2 Å². The second kappa shape index (κ2) is 6.36. The zero-order valence-corrected chi connectivity index (χ0v) is 11.4. The maximum Gasteiger partial charge on any atom is 0.328 e. The van der Waals surface area contributed by atoms with E-state index in [9.17, 15) is 14.9 Å². The highest BCUT2D eigenvalue weighted by atomic mass is 16.6. The van der Waals surface area contributed by atoms with Gasteiger partial charge in [0, 0.05) is 24.4 Å². The molecular formula is C14H18N2O4. The van der Waals surface area contributed by atoms with E-state index >= 15 is 0 Å². The van der Waals surface area contributed by atoms with Gasteiger partial charge in [0.25, 0.3) is 5.69 Å². The Hall–Kier alpha value is -2.11. The van der Waals surface area contributed by atoms with Gasteiger partial charge in [0.15, 0.2) is 0 Å². The molecule has 0 bridgehead atoms. The molecule has 1 fully saturated rings. The summed E-state index contributed by atoms with van der Waals surface area (Å²) in [5.74, 6) is -0.251. The SMILES string of the molecule is CCOC(=O)C1CCCCN1c1cccc([N+](=O)[O-])c1. The predicted octanol–water partition coefficient (Wildman–Crippen LogP) is 2.52. The second-order valence-corrected chi connectivity index (χ2v) is 4.73. The van der Waals surface area contributed by atoms with Crippen LogP contribution in [0.4, 0.5) is 11.4 Å². The van der Waals surface area contributed by atoms with Crippen molar-refractivity contribution < 1.29 is 14.5 Å². The molecule has 0 amide bonds. The molecule has 1 unspecified atom stereocenters. The Morgan fingerprint density at radius 2 is 2.30 bits per heavy atom. The standard InChI is InChI=1S/C14H18N2O4/c1-2-20-14(17)13-8-3-4-9-15(13)11-6-5-7-12(10-11)16(18)19/h5-7,10,13H,2-4,8-9H2,1H3. The van der Waals surface area contributed by atoms with Crippen molar-refractivity contribution in [1.82, 2.24) is 0 Å². The third-order valence-corrected chi connectivity index (χ3v) is 3.43. The summed E-state index contributed by atoms with van der Waals surface area (Å²) in [4.78, 5) is 24.3. The lowest BCUT2D eigenvalue weighted by molar-refractivity contribution is -0.384. The molecule has 1 aromatic rings. The molecule has 1 heterocycles. The van der Waals surface area contributed by atoms with Crippen molar-refractivity contribution in [1.29, 1.82) is 0 Å². The summed E-state index contributed by atoms with van der Waals surface area (Å²) in [7, 11) is 0. The first-order chi connectivity index (χ1) is 9.63. The lowest BCUT2D eigenvalue weighted by Gasteiger charge is -2.35. The number of benzene rings is 1. The van der Waals surface area contributed by atoms with Crippen LogP contribution in [0, 0.1) is 10.1 Å². The number of nitro groups is 1. The average molecular weight is 278 g/mol. The van der Waals surface area contributed by atoms with E-state index < -0.39 is 4.92 Å². The van der Waals surface area contributed by atoms with Crippen LogP contribution < -0.4 is 4.90 Å². The van der Waals surface area contributed by atoms with Crippen molar-refractivity contribution >= 4 is 17.3 Å². The minimum atomic E-state index is -0.424. The van der Waals surface area contributed by atoms with Crippen molar-refractivity contribution in [3.05, 3.63) is 34.4 Å². The lowest BCUT2D eigenvalue weighted by Crippen LogP contribution is -2.45. The summed E-state index contributed by atoms with van der Waals surface area (Å²) < 4.78 is 5.10. The number of hydrogen-bond donors (Lipinski definition) is 0. The summed E-state index contributed by atoms with van der Waals surface area (Å²) in [6.07, 6.45) is 2.66. The van der Waals surface area contributed by atoms with Gasteiger partial charge < -0.3 is 9.64 Å². The zero-order valence-electron chi connectivity index (χ0n) is 11.4. The van der Waals surface area contributed by atoms with Crippen molar-refractivity contribution in [3.8, 4) is 0 Å². The Morgan fingerprint density at radius 3 is 3.00 bits per heavy atom. The number of nitrogens with zero attached hydrogens (tertiary/aromatic N) is 2. The van der Waals surface area contributed by atoms with Crippen LogP contribution in [0.2, 0.25) is 0 Å². The maximum absolute atomic E-state index is 12.0. The minimum absolute atomic E-state index is 0.0377. The fourth-order valence-electron chi connectivity index (χ4n) is 2.51. The van der Waals surface area contributed by atoms with E-state index in [1.165, 1.54) is 12.1 Å². The number of hydrogen-bond acceptors (Lipinski definition) is 5. The zero-order chi connectivity index (χ0) is 14.5. The number of ether oxygens (including phenoxy) is 1. The fraction of sp³-hybridized carbons (Fsp3) is 0.500.